The minimum absolute atomic E-state index is 0.481. The summed E-state index contributed by atoms with van der Waals surface area (Å²) in [5.41, 5.74) is 4.53. The number of primary amides is 1. The molecule has 0 saturated carbocycles. The van der Waals surface area contributed by atoms with E-state index >= 15 is 0 Å². The average Bonchev–Trinajstić information content (AvgIpc) is 1.69. The molecule has 44 valence electrons. The first kappa shape index (κ1) is 10.4. The molecule has 8 heavy (non-hydrogen) atoms. The Bertz CT molecular complexity index is 115. The van der Waals surface area contributed by atoms with E-state index in [-0.39, 0.29) is 0 Å². The summed E-state index contributed by atoms with van der Waals surface area (Å²) in [5.74, 6) is -0.481. The second-order valence-electron chi connectivity index (χ2n) is 0.690. The van der Waals surface area contributed by atoms with E-state index in [2.05, 4.69) is 36.7 Å². The molecule has 4 heteroatoms. The summed E-state index contributed by atoms with van der Waals surface area (Å²) >= 11 is 7.92. The molecule has 0 rings (SSSR count). The quantitative estimate of drug-likeness (QED) is 0.438. The summed E-state index contributed by atoms with van der Waals surface area (Å²) in [5, 5.41) is 0. The number of amides is 1. The van der Waals surface area contributed by atoms with E-state index in [0.717, 1.165) is 6.08 Å². The van der Waals surface area contributed by atoms with Gasteiger partial charge in [-0.15, -0.1) is 0 Å². The van der Waals surface area contributed by atoms with Crippen LogP contribution in [0.3, 0.4) is 0 Å². The van der Waals surface area contributed by atoms with Gasteiger partial charge in [0.05, 0.1) is 0 Å². The van der Waals surface area contributed by atoms with Gasteiger partial charge in [0.25, 0.3) is 0 Å². The predicted molar refractivity (Wildman–Crippen MR) is 39.6 cm³/mol. The Kier molecular flexibility index (Phi) is 12.6. The third kappa shape index (κ3) is 52.1. The third-order valence-electron chi connectivity index (χ3n) is 0.201. The van der Waals surface area contributed by atoms with E-state index in [1.807, 2.05) is 4.31 Å². The Labute approximate surface area is 58.4 Å². The molecule has 0 unspecified atom stereocenters. The van der Waals surface area contributed by atoms with Crippen LogP contribution in [0.25, 0.3) is 0 Å². The standard InChI is InChI=1S/C3H5NO.CS2/c1-2-3(4)5;2-1-3/h2H,1H2,(H2,4,5);. The van der Waals surface area contributed by atoms with Crippen LogP contribution in [-0.2, 0) is 4.79 Å². The van der Waals surface area contributed by atoms with Crippen LogP contribution in [0.5, 0.6) is 0 Å². The number of thiocarbonyl (C=S) groups is 2. The number of hydrogen-bond acceptors (Lipinski definition) is 3. The number of rotatable bonds is 1. The summed E-state index contributed by atoms with van der Waals surface area (Å²) in [6.45, 7) is 3.09. The number of carbonyl (C=O) groups excluding carboxylic acids is 1. The molecule has 2 N–H and O–H groups in total. The zero-order chi connectivity index (χ0) is 6.99. The van der Waals surface area contributed by atoms with Crippen LogP contribution in [-0.4, -0.2) is 10.2 Å². The molecule has 0 spiro atoms. The first-order valence-electron chi connectivity index (χ1n) is 1.60. The van der Waals surface area contributed by atoms with Crippen molar-refractivity contribution >= 4 is 34.7 Å². The van der Waals surface area contributed by atoms with Crippen LogP contribution in [0.4, 0.5) is 0 Å². The van der Waals surface area contributed by atoms with Gasteiger partial charge in [0.2, 0.25) is 5.91 Å². The minimum Gasteiger partial charge on any atom is -0.366 e. The van der Waals surface area contributed by atoms with Gasteiger partial charge in [0.15, 0.2) is 0 Å². The van der Waals surface area contributed by atoms with Crippen molar-refractivity contribution < 1.29 is 4.79 Å². The van der Waals surface area contributed by atoms with Crippen LogP contribution < -0.4 is 5.73 Å². The second kappa shape index (κ2) is 9.66. The molecule has 0 aliphatic heterocycles. The molecule has 0 aliphatic rings. The fraction of sp³-hybridized carbons (Fsp3) is 0. The molecule has 0 bridgehead atoms. The first-order chi connectivity index (χ1) is 3.68. The maximum atomic E-state index is 9.47. The fourth-order valence-corrected chi connectivity index (χ4v) is 0. The summed E-state index contributed by atoms with van der Waals surface area (Å²) in [6, 6.07) is 0. The molecule has 0 saturated heterocycles. The zero-order valence-corrected chi connectivity index (χ0v) is 5.72. The maximum absolute atomic E-state index is 9.47. The molecule has 0 heterocycles. The molecular weight excluding hydrogens is 142 g/mol. The lowest BCUT2D eigenvalue weighted by Gasteiger charge is -1.65. The Morgan fingerprint density at radius 1 is 1.75 bits per heavy atom. The van der Waals surface area contributed by atoms with Crippen molar-refractivity contribution in [2.45, 2.75) is 0 Å². The van der Waals surface area contributed by atoms with Gasteiger partial charge >= 0.3 is 0 Å². The predicted octanol–water partition coefficient (Wildman–Crippen LogP) is 0.676. The molecule has 0 aromatic carbocycles. The van der Waals surface area contributed by atoms with Gasteiger partial charge in [-0.2, -0.15) is 0 Å². The van der Waals surface area contributed by atoms with Crippen molar-refractivity contribution in [1.82, 2.24) is 0 Å². The van der Waals surface area contributed by atoms with Crippen LogP contribution in [0.1, 0.15) is 0 Å². The molecule has 0 aromatic rings. The maximum Gasteiger partial charge on any atom is 0.240 e. The largest absolute Gasteiger partial charge is 0.366 e. The highest BCUT2D eigenvalue weighted by molar-refractivity contribution is 7.93. The van der Waals surface area contributed by atoms with E-state index in [0.29, 0.717) is 0 Å². The molecular formula is C4H5NOS2. The first-order valence-corrected chi connectivity index (χ1v) is 2.41. The van der Waals surface area contributed by atoms with Gasteiger partial charge in [0.1, 0.15) is 0 Å². The Morgan fingerprint density at radius 3 is 1.88 bits per heavy atom. The summed E-state index contributed by atoms with van der Waals surface area (Å²) in [6.07, 6.45) is 1.06. The normalized spacial score (nSPS) is 5.00. The van der Waals surface area contributed by atoms with Crippen molar-refractivity contribution in [3.05, 3.63) is 12.7 Å². The summed E-state index contributed by atoms with van der Waals surface area (Å²) < 4.78 is 1.92. The van der Waals surface area contributed by atoms with Crippen LogP contribution in [0, 0.1) is 0 Å². The Morgan fingerprint density at radius 2 is 1.88 bits per heavy atom. The van der Waals surface area contributed by atoms with Crippen molar-refractivity contribution in [2.24, 2.45) is 5.73 Å². The monoisotopic (exact) mass is 147 g/mol. The number of hydrogen-bond donors (Lipinski definition) is 1. The molecule has 0 atom stereocenters. The second-order valence-corrected chi connectivity index (χ2v) is 1.36. The number of carbonyl (C=O) groups is 1. The van der Waals surface area contributed by atoms with Crippen molar-refractivity contribution in [3.63, 3.8) is 0 Å². The van der Waals surface area contributed by atoms with Gasteiger partial charge in [-0.3, -0.25) is 4.79 Å². The van der Waals surface area contributed by atoms with Gasteiger partial charge in [-0.1, -0.05) is 6.58 Å². The number of nitrogens with two attached hydrogens (primary N) is 1. The highest BCUT2D eigenvalue weighted by Crippen LogP contribution is 1.48. The molecule has 0 radical (unpaired) electrons. The average molecular weight is 147 g/mol. The Balaban J connectivity index is 0. The summed E-state index contributed by atoms with van der Waals surface area (Å²) in [4.78, 5) is 9.47. The van der Waals surface area contributed by atoms with Crippen molar-refractivity contribution in [2.75, 3.05) is 0 Å². The Hall–Kier alpha value is -0.570. The van der Waals surface area contributed by atoms with Crippen molar-refractivity contribution in [3.8, 4) is 0 Å². The molecule has 1 amide bonds. The SMILES string of the molecule is C=CC(N)=O.S=C=S. The molecule has 0 fully saturated rings. The summed E-state index contributed by atoms with van der Waals surface area (Å²) in [7, 11) is 0. The lowest BCUT2D eigenvalue weighted by molar-refractivity contribution is -0.113. The van der Waals surface area contributed by atoms with Crippen LogP contribution >= 0.6 is 24.4 Å². The lowest BCUT2D eigenvalue weighted by Crippen LogP contribution is -2.04. The van der Waals surface area contributed by atoms with E-state index in [1.165, 1.54) is 0 Å². The third-order valence-corrected chi connectivity index (χ3v) is 0.201. The van der Waals surface area contributed by atoms with Crippen LogP contribution in [0.2, 0.25) is 0 Å². The van der Waals surface area contributed by atoms with E-state index in [4.69, 9.17) is 0 Å². The minimum atomic E-state index is -0.481. The van der Waals surface area contributed by atoms with Gasteiger partial charge in [-0.05, 0) is 30.5 Å². The fourth-order valence-electron chi connectivity index (χ4n) is 0. The zero-order valence-electron chi connectivity index (χ0n) is 4.09. The van der Waals surface area contributed by atoms with Gasteiger partial charge in [-0.25, -0.2) is 0 Å². The van der Waals surface area contributed by atoms with E-state index < -0.39 is 5.91 Å². The van der Waals surface area contributed by atoms with Crippen LogP contribution in [0.15, 0.2) is 12.7 Å². The highest BCUT2D eigenvalue weighted by atomic mass is 32.1. The molecule has 2 nitrogen and oxygen atoms in total. The lowest BCUT2D eigenvalue weighted by atomic mass is 10.6. The topological polar surface area (TPSA) is 43.1 Å². The van der Waals surface area contributed by atoms with Crippen molar-refractivity contribution in [1.29, 1.82) is 0 Å². The molecule has 0 aliphatic carbocycles. The highest BCUT2D eigenvalue weighted by Gasteiger charge is 1.69. The van der Waals surface area contributed by atoms with E-state index in [1.54, 1.807) is 0 Å². The molecule has 0 aromatic heterocycles. The van der Waals surface area contributed by atoms with Gasteiger partial charge in [0, 0.05) is 4.31 Å². The van der Waals surface area contributed by atoms with E-state index in [9.17, 15) is 4.79 Å². The smallest absolute Gasteiger partial charge is 0.240 e. The van der Waals surface area contributed by atoms with Gasteiger partial charge < -0.3 is 5.73 Å².